The van der Waals surface area contributed by atoms with Crippen LogP contribution in [0.4, 0.5) is 5.69 Å². The summed E-state index contributed by atoms with van der Waals surface area (Å²) in [6, 6.07) is 14.4. The van der Waals surface area contributed by atoms with Gasteiger partial charge >= 0.3 is 11.6 Å². The Morgan fingerprint density at radius 2 is 2.00 bits per heavy atom. The number of anilines is 1. The van der Waals surface area contributed by atoms with Gasteiger partial charge < -0.3 is 9.15 Å². The fraction of sp³-hybridized carbons (Fsp3) is 0.227. The van der Waals surface area contributed by atoms with Crippen LogP contribution in [0.5, 0.6) is 0 Å². The zero-order valence-electron chi connectivity index (χ0n) is 15.8. The molecule has 148 valence electrons. The zero-order valence-corrected chi connectivity index (χ0v) is 16.7. The summed E-state index contributed by atoms with van der Waals surface area (Å²) in [6.07, 6.45) is 0.822. The topological polar surface area (TPSA) is 76.8 Å². The molecular weight excluding hydrogens is 390 g/mol. The molecule has 3 aromatic rings. The highest BCUT2D eigenvalue weighted by molar-refractivity contribution is 8.00. The van der Waals surface area contributed by atoms with Gasteiger partial charge in [0.05, 0.1) is 11.4 Å². The van der Waals surface area contributed by atoms with Gasteiger partial charge in [0.1, 0.15) is 18.7 Å². The molecular formula is C22H19NO5S. The van der Waals surface area contributed by atoms with Crippen molar-refractivity contribution in [2.45, 2.75) is 24.8 Å². The number of hydrogen-bond acceptors (Lipinski definition) is 6. The molecule has 1 aromatic heterocycles. The Morgan fingerprint density at radius 1 is 1.17 bits per heavy atom. The van der Waals surface area contributed by atoms with Gasteiger partial charge in [0.25, 0.3) is 0 Å². The third kappa shape index (κ3) is 4.05. The minimum Gasteiger partial charge on any atom is -0.459 e. The van der Waals surface area contributed by atoms with E-state index in [2.05, 4.69) is 0 Å². The minimum atomic E-state index is -0.536. The predicted molar refractivity (Wildman–Crippen MR) is 111 cm³/mol. The molecule has 0 bridgehead atoms. The number of fused-ring (bicyclic) bond motifs is 2. The number of carbonyl (C=O) groups excluding carboxylic acids is 2. The highest BCUT2D eigenvalue weighted by Crippen LogP contribution is 2.34. The van der Waals surface area contributed by atoms with E-state index in [1.54, 1.807) is 0 Å². The molecule has 1 amide bonds. The molecule has 0 unspecified atom stereocenters. The quantitative estimate of drug-likeness (QED) is 0.474. The van der Waals surface area contributed by atoms with Gasteiger partial charge in [-0.2, -0.15) is 0 Å². The Bertz CT molecular complexity index is 1150. The number of esters is 1. The summed E-state index contributed by atoms with van der Waals surface area (Å²) in [5, 5.41) is 0.727. The molecule has 0 N–H and O–H groups in total. The van der Waals surface area contributed by atoms with Crippen LogP contribution < -0.4 is 10.5 Å². The Kier molecular flexibility index (Phi) is 5.40. The lowest BCUT2D eigenvalue weighted by molar-refractivity contribution is -0.144. The molecule has 0 spiro atoms. The number of nitrogens with zero attached hydrogens (tertiary/aromatic N) is 1. The van der Waals surface area contributed by atoms with E-state index in [0.29, 0.717) is 16.8 Å². The average molecular weight is 409 g/mol. The van der Waals surface area contributed by atoms with Gasteiger partial charge in [-0.25, -0.2) is 4.79 Å². The van der Waals surface area contributed by atoms with E-state index in [-0.39, 0.29) is 24.8 Å². The van der Waals surface area contributed by atoms with Crippen molar-refractivity contribution in [1.82, 2.24) is 0 Å². The third-order valence-electron chi connectivity index (χ3n) is 4.79. The lowest BCUT2D eigenvalue weighted by atomic mass is 10.1. The molecule has 0 saturated heterocycles. The Labute approximate surface area is 171 Å². The van der Waals surface area contributed by atoms with E-state index >= 15 is 0 Å². The molecule has 2 heterocycles. The lowest BCUT2D eigenvalue weighted by Crippen LogP contribution is -2.39. The SMILES string of the molecule is CCc1ccc2c(COC(=O)CN3C(=O)CSc4ccccc43)cc(=O)oc2c1. The van der Waals surface area contributed by atoms with Crippen molar-refractivity contribution in [3.05, 3.63) is 70.1 Å². The summed E-state index contributed by atoms with van der Waals surface area (Å²) in [5.74, 6) is -0.385. The van der Waals surface area contributed by atoms with Crippen LogP contribution in [-0.2, 0) is 27.4 Å². The van der Waals surface area contributed by atoms with Gasteiger partial charge in [-0.05, 0) is 30.2 Å². The van der Waals surface area contributed by atoms with E-state index < -0.39 is 11.6 Å². The summed E-state index contributed by atoms with van der Waals surface area (Å²) in [6.45, 7) is 1.78. The van der Waals surface area contributed by atoms with Crippen LogP contribution in [0.3, 0.4) is 0 Å². The van der Waals surface area contributed by atoms with Crippen LogP contribution in [-0.4, -0.2) is 24.2 Å². The fourth-order valence-corrected chi connectivity index (χ4v) is 4.21. The lowest BCUT2D eigenvalue weighted by Gasteiger charge is -2.27. The number of benzene rings is 2. The van der Waals surface area contributed by atoms with Gasteiger partial charge in [-0.1, -0.05) is 31.2 Å². The zero-order chi connectivity index (χ0) is 20.4. The number of rotatable bonds is 5. The van der Waals surface area contributed by atoms with Gasteiger partial charge in [0.2, 0.25) is 5.91 Å². The van der Waals surface area contributed by atoms with Crippen LogP contribution >= 0.6 is 11.8 Å². The average Bonchev–Trinajstić information content (AvgIpc) is 2.73. The van der Waals surface area contributed by atoms with Crippen LogP contribution in [0.25, 0.3) is 11.0 Å². The van der Waals surface area contributed by atoms with Crippen molar-refractivity contribution in [2.75, 3.05) is 17.2 Å². The first kappa shape index (κ1) is 19.3. The molecule has 4 rings (SSSR count). The third-order valence-corrected chi connectivity index (χ3v) is 5.83. The second-order valence-electron chi connectivity index (χ2n) is 6.67. The number of aryl methyl sites for hydroxylation is 1. The molecule has 0 fully saturated rings. The number of thioether (sulfide) groups is 1. The first-order valence-corrected chi connectivity index (χ1v) is 10.3. The van der Waals surface area contributed by atoms with Gasteiger partial charge in [-0.3, -0.25) is 14.5 Å². The second kappa shape index (κ2) is 8.13. The minimum absolute atomic E-state index is 0.0647. The number of ether oxygens (including phenoxy) is 1. The number of hydrogen-bond donors (Lipinski definition) is 0. The molecule has 2 aromatic carbocycles. The van der Waals surface area contributed by atoms with Gasteiger partial charge in [0.15, 0.2) is 0 Å². The summed E-state index contributed by atoms with van der Waals surface area (Å²) in [4.78, 5) is 39.0. The highest BCUT2D eigenvalue weighted by atomic mass is 32.2. The smallest absolute Gasteiger partial charge is 0.336 e. The van der Waals surface area contributed by atoms with Crippen LogP contribution in [0.2, 0.25) is 0 Å². The van der Waals surface area contributed by atoms with Crippen molar-refractivity contribution in [3.63, 3.8) is 0 Å². The molecule has 29 heavy (non-hydrogen) atoms. The summed E-state index contributed by atoms with van der Waals surface area (Å²) in [5.41, 5.74) is 2.32. The molecule has 7 heteroatoms. The Hall–Kier alpha value is -3.06. The maximum atomic E-state index is 12.4. The second-order valence-corrected chi connectivity index (χ2v) is 7.69. The molecule has 0 atom stereocenters. The number of para-hydroxylation sites is 1. The van der Waals surface area contributed by atoms with E-state index in [4.69, 9.17) is 9.15 Å². The van der Waals surface area contributed by atoms with Crippen molar-refractivity contribution < 1.29 is 18.7 Å². The largest absolute Gasteiger partial charge is 0.459 e. The molecule has 1 aliphatic rings. The predicted octanol–water partition coefficient (Wildman–Crippen LogP) is 3.54. The summed E-state index contributed by atoms with van der Waals surface area (Å²) >= 11 is 1.46. The maximum Gasteiger partial charge on any atom is 0.336 e. The van der Waals surface area contributed by atoms with E-state index in [9.17, 15) is 14.4 Å². The fourth-order valence-electron chi connectivity index (χ4n) is 3.27. The summed E-state index contributed by atoms with van der Waals surface area (Å²) < 4.78 is 10.7. The molecule has 0 saturated carbocycles. The number of carbonyl (C=O) groups is 2. The van der Waals surface area contributed by atoms with E-state index in [0.717, 1.165) is 22.3 Å². The molecule has 1 aliphatic heterocycles. The van der Waals surface area contributed by atoms with Crippen molar-refractivity contribution in [3.8, 4) is 0 Å². The van der Waals surface area contributed by atoms with Crippen LogP contribution in [0.1, 0.15) is 18.1 Å². The molecule has 0 radical (unpaired) electrons. The van der Waals surface area contributed by atoms with E-state index in [1.165, 1.54) is 22.7 Å². The Morgan fingerprint density at radius 3 is 2.83 bits per heavy atom. The molecule has 0 aliphatic carbocycles. The van der Waals surface area contributed by atoms with Crippen molar-refractivity contribution >= 4 is 40.3 Å². The van der Waals surface area contributed by atoms with Crippen molar-refractivity contribution in [2.24, 2.45) is 0 Å². The van der Waals surface area contributed by atoms with Crippen LogP contribution in [0, 0.1) is 0 Å². The van der Waals surface area contributed by atoms with Gasteiger partial charge in [-0.15, -0.1) is 11.8 Å². The number of amides is 1. The maximum absolute atomic E-state index is 12.4. The van der Waals surface area contributed by atoms with Gasteiger partial charge in [0, 0.05) is 21.9 Å². The molecule has 6 nitrogen and oxygen atoms in total. The monoisotopic (exact) mass is 409 g/mol. The summed E-state index contributed by atoms with van der Waals surface area (Å²) in [7, 11) is 0. The first-order chi connectivity index (χ1) is 14.0. The standard InChI is InChI=1S/C22H19NO5S/c1-2-14-7-8-16-15(10-21(25)28-18(16)9-14)12-27-22(26)11-23-17-5-3-4-6-19(17)29-13-20(23)24/h3-10H,2,11-13H2,1H3. The van der Waals surface area contributed by atoms with Crippen LogP contribution in [0.15, 0.2) is 62.6 Å². The first-order valence-electron chi connectivity index (χ1n) is 9.28. The normalized spacial score (nSPS) is 13.4. The highest BCUT2D eigenvalue weighted by Gasteiger charge is 2.26. The van der Waals surface area contributed by atoms with E-state index in [1.807, 2.05) is 49.4 Å². The van der Waals surface area contributed by atoms with Crippen molar-refractivity contribution in [1.29, 1.82) is 0 Å². The Balaban J connectivity index is 1.51.